The van der Waals surface area contributed by atoms with Gasteiger partial charge < -0.3 is 22.9 Å². The molecule has 0 radical (unpaired) electrons. The van der Waals surface area contributed by atoms with Crippen molar-refractivity contribution >= 4 is 45.8 Å². The maximum atomic E-state index is 5.55. The van der Waals surface area contributed by atoms with Gasteiger partial charge in [0.2, 0.25) is 0 Å². The minimum absolute atomic E-state index is 0.345. The third-order valence-corrected chi connectivity index (χ3v) is 2.89. The van der Waals surface area contributed by atoms with E-state index in [0.717, 1.165) is 11.1 Å². The molecule has 0 saturated heterocycles. The van der Waals surface area contributed by atoms with E-state index in [0.29, 0.717) is 21.4 Å². The maximum absolute atomic E-state index is 5.55. The molecule has 6 heteroatoms. The topological polar surface area (TPSA) is 104 Å². The van der Waals surface area contributed by atoms with Crippen LogP contribution in [0, 0.1) is 0 Å². The fourth-order valence-electron chi connectivity index (χ4n) is 1.44. The molecule has 2 aromatic carbocycles. The minimum Gasteiger partial charge on any atom is -0.398 e. The van der Waals surface area contributed by atoms with Crippen LogP contribution in [-0.4, -0.2) is 9.98 Å². The number of nitrogens with two attached hydrogens (primary N) is 4. The standard InChI is InChI=1S/2C7H8N2S/c2*8-6-4-2-1-3-5(6)7(9)10/h2*1-4H,8H2,(H2,9,10). The molecule has 0 atom stereocenters. The summed E-state index contributed by atoms with van der Waals surface area (Å²) in [5.74, 6) is 0. The fourth-order valence-corrected chi connectivity index (χ4v) is 1.81. The maximum Gasteiger partial charge on any atom is 0.106 e. The summed E-state index contributed by atoms with van der Waals surface area (Å²) < 4.78 is 0. The van der Waals surface area contributed by atoms with Crippen LogP contribution >= 0.6 is 24.4 Å². The lowest BCUT2D eigenvalue weighted by Gasteiger charge is -2.00. The Kier molecular flexibility index (Phi) is 5.89. The Labute approximate surface area is 128 Å². The molecule has 0 heterocycles. The average Bonchev–Trinajstić information content (AvgIpc) is 2.40. The van der Waals surface area contributed by atoms with Crippen LogP contribution in [0.25, 0.3) is 0 Å². The van der Waals surface area contributed by atoms with Gasteiger partial charge in [0, 0.05) is 22.5 Å². The molecule has 2 rings (SSSR count). The van der Waals surface area contributed by atoms with E-state index in [4.69, 9.17) is 47.4 Å². The summed E-state index contributed by atoms with van der Waals surface area (Å²) in [5, 5.41) is 0. The Morgan fingerprint density at radius 2 is 0.950 bits per heavy atom. The van der Waals surface area contributed by atoms with Crippen molar-refractivity contribution in [3.05, 3.63) is 59.7 Å². The predicted octanol–water partition coefficient (Wildman–Crippen LogP) is 1.81. The van der Waals surface area contributed by atoms with Crippen LogP contribution in [0.2, 0.25) is 0 Å². The first-order valence-corrected chi connectivity index (χ1v) is 6.53. The third-order valence-electron chi connectivity index (χ3n) is 2.45. The second kappa shape index (κ2) is 7.42. The molecule has 0 aliphatic heterocycles. The highest BCUT2D eigenvalue weighted by Gasteiger charge is 1.98. The van der Waals surface area contributed by atoms with Crippen LogP contribution in [0.1, 0.15) is 11.1 Å². The summed E-state index contributed by atoms with van der Waals surface area (Å²) in [4.78, 5) is 0.691. The normalized spacial score (nSPS) is 9.20. The largest absolute Gasteiger partial charge is 0.398 e. The van der Waals surface area contributed by atoms with Gasteiger partial charge in [-0.25, -0.2) is 0 Å². The van der Waals surface area contributed by atoms with Crippen molar-refractivity contribution in [2.45, 2.75) is 0 Å². The quantitative estimate of drug-likeness (QED) is 0.498. The van der Waals surface area contributed by atoms with Crippen molar-refractivity contribution in [3.63, 3.8) is 0 Å². The second-order valence-corrected chi connectivity index (χ2v) is 4.78. The van der Waals surface area contributed by atoms with Gasteiger partial charge >= 0.3 is 0 Å². The smallest absolute Gasteiger partial charge is 0.106 e. The summed E-state index contributed by atoms with van der Waals surface area (Å²) in [7, 11) is 0. The first-order valence-electron chi connectivity index (χ1n) is 5.72. The van der Waals surface area contributed by atoms with Gasteiger partial charge in [0.05, 0.1) is 0 Å². The van der Waals surface area contributed by atoms with Crippen LogP contribution in [-0.2, 0) is 0 Å². The molecule has 104 valence electrons. The van der Waals surface area contributed by atoms with Crippen molar-refractivity contribution < 1.29 is 0 Å². The fraction of sp³-hybridized carbons (Fsp3) is 0. The number of thiocarbonyl (C=S) groups is 2. The highest BCUT2D eigenvalue weighted by Crippen LogP contribution is 2.09. The van der Waals surface area contributed by atoms with Crippen LogP contribution < -0.4 is 22.9 Å². The molecule has 0 aliphatic rings. The zero-order valence-electron chi connectivity index (χ0n) is 10.7. The molecule has 0 fully saturated rings. The number of nitrogen functional groups attached to an aromatic ring is 2. The van der Waals surface area contributed by atoms with Gasteiger partial charge in [-0.05, 0) is 24.3 Å². The van der Waals surface area contributed by atoms with E-state index < -0.39 is 0 Å². The number of hydrogen-bond donors (Lipinski definition) is 4. The van der Waals surface area contributed by atoms with Crippen molar-refractivity contribution in [2.75, 3.05) is 11.5 Å². The summed E-state index contributed by atoms with van der Waals surface area (Å²) >= 11 is 9.49. The van der Waals surface area contributed by atoms with E-state index >= 15 is 0 Å². The molecule has 4 nitrogen and oxygen atoms in total. The monoisotopic (exact) mass is 304 g/mol. The zero-order valence-corrected chi connectivity index (χ0v) is 12.4. The first kappa shape index (κ1) is 15.9. The predicted molar refractivity (Wildman–Crippen MR) is 93.5 cm³/mol. The lowest BCUT2D eigenvalue weighted by atomic mass is 10.2. The van der Waals surface area contributed by atoms with E-state index in [-0.39, 0.29) is 0 Å². The number of benzene rings is 2. The highest BCUT2D eigenvalue weighted by molar-refractivity contribution is 7.81. The van der Waals surface area contributed by atoms with Crippen molar-refractivity contribution in [2.24, 2.45) is 11.5 Å². The molecular weight excluding hydrogens is 288 g/mol. The Balaban J connectivity index is 0.000000200. The summed E-state index contributed by atoms with van der Waals surface area (Å²) in [6, 6.07) is 14.5. The summed E-state index contributed by atoms with van der Waals surface area (Å²) in [6.07, 6.45) is 0. The molecule has 0 aliphatic carbocycles. The van der Waals surface area contributed by atoms with Crippen molar-refractivity contribution in [3.8, 4) is 0 Å². The van der Waals surface area contributed by atoms with Crippen LogP contribution in [0.15, 0.2) is 48.5 Å². The van der Waals surface area contributed by atoms with E-state index in [1.165, 1.54) is 0 Å². The number of anilines is 2. The molecule has 0 aromatic heterocycles. The lowest BCUT2D eigenvalue weighted by Crippen LogP contribution is -2.11. The van der Waals surface area contributed by atoms with Gasteiger partial charge in [0.15, 0.2) is 0 Å². The van der Waals surface area contributed by atoms with Gasteiger partial charge in [-0.2, -0.15) is 0 Å². The molecule has 0 amide bonds. The van der Waals surface area contributed by atoms with E-state index in [1.54, 1.807) is 24.3 Å². The molecule has 0 unspecified atom stereocenters. The Morgan fingerprint density at radius 1 is 0.650 bits per heavy atom. The van der Waals surface area contributed by atoms with E-state index in [1.807, 2.05) is 24.3 Å². The Hall–Kier alpha value is -2.18. The number of hydrogen-bond acceptors (Lipinski definition) is 4. The Bertz CT molecular complexity index is 571. The molecule has 0 saturated carbocycles. The van der Waals surface area contributed by atoms with Gasteiger partial charge in [-0.1, -0.05) is 48.7 Å². The third kappa shape index (κ3) is 4.49. The molecule has 20 heavy (non-hydrogen) atoms. The van der Waals surface area contributed by atoms with Crippen LogP contribution in [0.5, 0.6) is 0 Å². The first-order chi connectivity index (χ1) is 9.43. The van der Waals surface area contributed by atoms with Crippen molar-refractivity contribution in [1.29, 1.82) is 0 Å². The molecule has 2 aromatic rings. The average molecular weight is 304 g/mol. The van der Waals surface area contributed by atoms with Crippen LogP contribution in [0.4, 0.5) is 11.4 Å². The van der Waals surface area contributed by atoms with Crippen LogP contribution in [0.3, 0.4) is 0 Å². The van der Waals surface area contributed by atoms with E-state index in [9.17, 15) is 0 Å². The van der Waals surface area contributed by atoms with Gasteiger partial charge in [-0.15, -0.1) is 0 Å². The number of para-hydroxylation sites is 2. The highest BCUT2D eigenvalue weighted by atomic mass is 32.1. The van der Waals surface area contributed by atoms with Crippen molar-refractivity contribution in [1.82, 2.24) is 0 Å². The van der Waals surface area contributed by atoms with E-state index in [2.05, 4.69) is 0 Å². The SMILES string of the molecule is NC(=S)c1ccccc1N.NC(=S)c1ccccc1N. The molecule has 0 spiro atoms. The van der Waals surface area contributed by atoms with Gasteiger partial charge in [0.1, 0.15) is 9.98 Å². The number of rotatable bonds is 2. The lowest BCUT2D eigenvalue weighted by molar-refractivity contribution is 1.61. The zero-order chi connectivity index (χ0) is 15.1. The Morgan fingerprint density at radius 3 is 1.15 bits per heavy atom. The van der Waals surface area contributed by atoms with Gasteiger partial charge in [-0.3, -0.25) is 0 Å². The van der Waals surface area contributed by atoms with Gasteiger partial charge in [0.25, 0.3) is 0 Å². The second-order valence-electron chi connectivity index (χ2n) is 3.90. The molecule has 0 bridgehead atoms. The minimum atomic E-state index is 0.345. The molecule has 8 N–H and O–H groups in total. The summed E-state index contributed by atoms with van der Waals surface area (Å²) in [6.45, 7) is 0. The summed E-state index contributed by atoms with van der Waals surface area (Å²) in [5.41, 5.74) is 24.6. The molecular formula is C14H16N4S2.